The summed E-state index contributed by atoms with van der Waals surface area (Å²) in [5, 5.41) is 3.45. The number of fused-ring (bicyclic) bond motifs is 1. The standard InChI is InChI=1S/C14H25N3O/c1-11-4-2-6-16(10-11)14(18)17-7-3-5-12-8-15-9-13(12)17/h11-13,15H,2-10H2,1H3. The fourth-order valence-electron chi connectivity index (χ4n) is 3.85. The zero-order chi connectivity index (χ0) is 12.5. The molecule has 3 aliphatic heterocycles. The van der Waals surface area contributed by atoms with E-state index in [1.165, 1.54) is 25.7 Å². The fourth-order valence-corrected chi connectivity index (χ4v) is 3.85. The quantitative estimate of drug-likeness (QED) is 0.708. The van der Waals surface area contributed by atoms with Gasteiger partial charge in [0.25, 0.3) is 0 Å². The Kier molecular flexibility index (Phi) is 3.46. The van der Waals surface area contributed by atoms with E-state index in [9.17, 15) is 4.79 Å². The van der Waals surface area contributed by atoms with Gasteiger partial charge in [-0.2, -0.15) is 0 Å². The minimum absolute atomic E-state index is 0.306. The van der Waals surface area contributed by atoms with Crippen LogP contribution in [-0.4, -0.2) is 54.6 Å². The third-order valence-corrected chi connectivity index (χ3v) is 4.85. The number of urea groups is 1. The van der Waals surface area contributed by atoms with Gasteiger partial charge in [0, 0.05) is 38.8 Å². The third kappa shape index (κ3) is 2.22. The Balaban J connectivity index is 1.67. The molecule has 0 aromatic rings. The highest BCUT2D eigenvalue weighted by molar-refractivity contribution is 5.75. The smallest absolute Gasteiger partial charge is 0.320 e. The average Bonchev–Trinajstić information content (AvgIpc) is 2.86. The molecule has 0 aliphatic carbocycles. The summed E-state index contributed by atoms with van der Waals surface area (Å²) in [5.74, 6) is 1.37. The van der Waals surface area contributed by atoms with Gasteiger partial charge in [-0.3, -0.25) is 0 Å². The van der Waals surface area contributed by atoms with E-state index in [0.717, 1.165) is 32.7 Å². The van der Waals surface area contributed by atoms with Crippen LogP contribution in [0.1, 0.15) is 32.6 Å². The summed E-state index contributed by atoms with van der Waals surface area (Å²) >= 11 is 0. The van der Waals surface area contributed by atoms with Crippen LogP contribution in [0.25, 0.3) is 0 Å². The lowest BCUT2D eigenvalue weighted by Gasteiger charge is -2.41. The highest BCUT2D eigenvalue weighted by atomic mass is 16.2. The van der Waals surface area contributed by atoms with Gasteiger partial charge in [-0.1, -0.05) is 6.92 Å². The van der Waals surface area contributed by atoms with Crippen LogP contribution >= 0.6 is 0 Å². The van der Waals surface area contributed by atoms with Gasteiger partial charge in [-0.05, 0) is 37.5 Å². The summed E-state index contributed by atoms with van der Waals surface area (Å²) < 4.78 is 0. The number of likely N-dealkylation sites (tertiary alicyclic amines) is 2. The Bertz CT molecular complexity index is 320. The van der Waals surface area contributed by atoms with E-state index in [4.69, 9.17) is 0 Å². The topological polar surface area (TPSA) is 35.6 Å². The maximum Gasteiger partial charge on any atom is 0.320 e. The zero-order valence-electron chi connectivity index (χ0n) is 11.4. The van der Waals surface area contributed by atoms with E-state index in [0.29, 0.717) is 23.9 Å². The molecule has 3 rings (SSSR count). The van der Waals surface area contributed by atoms with Crippen molar-refractivity contribution in [2.75, 3.05) is 32.7 Å². The first kappa shape index (κ1) is 12.3. The number of amides is 2. The van der Waals surface area contributed by atoms with Crippen LogP contribution in [-0.2, 0) is 0 Å². The fraction of sp³-hybridized carbons (Fsp3) is 0.929. The van der Waals surface area contributed by atoms with Gasteiger partial charge in [0.2, 0.25) is 0 Å². The number of hydrogen-bond acceptors (Lipinski definition) is 2. The normalized spacial score (nSPS) is 36.6. The van der Waals surface area contributed by atoms with E-state index in [-0.39, 0.29) is 0 Å². The van der Waals surface area contributed by atoms with Crippen molar-refractivity contribution < 1.29 is 4.79 Å². The van der Waals surface area contributed by atoms with Gasteiger partial charge in [-0.25, -0.2) is 4.79 Å². The van der Waals surface area contributed by atoms with Crippen molar-refractivity contribution in [1.29, 1.82) is 0 Å². The lowest BCUT2D eigenvalue weighted by atomic mass is 9.92. The summed E-state index contributed by atoms with van der Waals surface area (Å²) in [6.45, 7) is 7.25. The van der Waals surface area contributed by atoms with Crippen molar-refractivity contribution >= 4 is 6.03 Å². The highest BCUT2D eigenvalue weighted by Gasteiger charge is 2.39. The van der Waals surface area contributed by atoms with Crippen LogP contribution < -0.4 is 5.32 Å². The van der Waals surface area contributed by atoms with Gasteiger partial charge < -0.3 is 15.1 Å². The Hall–Kier alpha value is -0.770. The van der Waals surface area contributed by atoms with Crippen molar-refractivity contribution in [2.24, 2.45) is 11.8 Å². The van der Waals surface area contributed by atoms with Crippen molar-refractivity contribution in [1.82, 2.24) is 15.1 Å². The largest absolute Gasteiger partial charge is 0.324 e. The number of hydrogen-bond donors (Lipinski definition) is 1. The molecule has 4 heteroatoms. The molecular formula is C14H25N3O. The number of nitrogens with zero attached hydrogens (tertiary/aromatic N) is 2. The van der Waals surface area contributed by atoms with Crippen LogP contribution in [0.4, 0.5) is 4.79 Å². The van der Waals surface area contributed by atoms with E-state index >= 15 is 0 Å². The number of piperidine rings is 2. The molecule has 3 unspecified atom stereocenters. The SMILES string of the molecule is CC1CCCN(C(=O)N2CCCC3CNCC32)C1. The molecule has 4 nitrogen and oxygen atoms in total. The second-order valence-corrected chi connectivity index (χ2v) is 6.30. The van der Waals surface area contributed by atoms with E-state index in [2.05, 4.69) is 22.0 Å². The summed E-state index contributed by atoms with van der Waals surface area (Å²) in [6.07, 6.45) is 4.92. The zero-order valence-corrected chi connectivity index (χ0v) is 11.4. The van der Waals surface area contributed by atoms with Gasteiger partial charge >= 0.3 is 6.03 Å². The van der Waals surface area contributed by atoms with Gasteiger partial charge in [-0.15, -0.1) is 0 Å². The maximum absolute atomic E-state index is 12.7. The second-order valence-electron chi connectivity index (χ2n) is 6.30. The molecule has 0 bridgehead atoms. The van der Waals surface area contributed by atoms with Gasteiger partial charge in [0.1, 0.15) is 0 Å². The Morgan fingerprint density at radius 1 is 1.17 bits per heavy atom. The molecule has 0 aromatic heterocycles. The predicted molar refractivity (Wildman–Crippen MR) is 71.5 cm³/mol. The molecule has 0 radical (unpaired) electrons. The first-order chi connectivity index (χ1) is 8.75. The molecule has 3 heterocycles. The molecule has 0 aromatic carbocycles. The Morgan fingerprint density at radius 3 is 2.83 bits per heavy atom. The van der Waals surface area contributed by atoms with Crippen LogP contribution in [0, 0.1) is 11.8 Å². The Labute approximate surface area is 110 Å². The number of rotatable bonds is 0. The summed E-state index contributed by atoms with van der Waals surface area (Å²) in [6, 6.07) is 0.767. The molecule has 0 spiro atoms. The lowest BCUT2D eigenvalue weighted by molar-refractivity contribution is 0.0916. The molecule has 0 saturated carbocycles. The molecule has 1 N–H and O–H groups in total. The molecule has 3 fully saturated rings. The number of carbonyl (C=O) groups is 1. The number of nitrogens with one attached hydrogen (secondary N) is 1. The van der Waals surface area contributed by atoms with E-state index in [1.807, 2.05) is 0 Å². The first-order valence-electron chi connectivity index (χ1n) is 7.52. The van der Waals surface area contributed by atoms with E-state index < -0.39 is 0 Å². The van der Waals surface area contributed by atoms with Gasteiger partial charge in [0.05, 0.1) is 0 Å². The van der Waals surface area contributed by atoms with Crippen molar-refractivity contribution in [3.63, 3.8) is 0 Å². The molecule has 3 atom stereocenters. The minimum atomic E-state index is 0.306. The van der Waals surface area contributed by atoms with Crippen LogP contribution in [0.5, 0.6) is 0 Å². The monoisotopic (exact) mass is 251 g/mol. The molecule has 2 amide bonds. The van der Waals surface area contributed by atoms with E-state index in [1.54, 1.807) is 0 Å². The average molecular weight is 251 g/mol. The molecular weight excluding hydrogens is 226 g/mol. The molecule has 102 valence electrons. The first-order valence-corrected chi connectivity index (χ1v) is 7.52. The summed E-state index contributed by atoms with van der Waals surface area (Å²) in [4.78, 5) is 16.9. The minimum Gasteiger partial charge on any atom is -0.324 e. The van der Waals surface area contributed by atoms with Crippen LogP contribution in [0.15, 0.2) is 0 Å². The van der Waals surface area contributed by atoms with Crippen LogP contribution in [0.2, 0.25) is 0 Å². The van der Waals surface area contributed by atoms with Gasteiger partial charge in [0.15, 0.2) is 0 Å². The predicted octanol–water partition coefficient (Wildman–Crippen LogP) is 1.52. The molecule has 18 heavy (non-hydrogen) atoms. The highest BCUT2D eigenvalue weighted by Crippen LogP contribution is 2.28. The summed E-state index contributed by atoms with van der Waals surface area (Å²) in [5.41, 5.74) is 0. The van der Waals surface area contributed by atoms with Crippen molar-refractivity contribution in [3.05, 3.63) is 0 Å². The van der Waals surface area contributed by atoms with Crippen LogP contribution in [0.3, 0.4) is 0 Å². The maximum atomic E-state index is 12.7. The van der Waals surface area contributed by atoms with Crippen molar-refractivity contribution in [2.45, 2.75) is 38.6 Å². The Morgan fingerprint density at radius 2 is 2.00 bits per heavy atom. The third-order valence-electron chi connectivity index (χ3n) is 4.85. The van der Waals surface area contributed by atoms with Crippen molar-refractivity contribution in [3.8, 4) is 0 Å². The molecule has 3 saturated heterocycles. The number of carbonyl (C=O) groups excluding carboxylic acids is 1. The second kappa shape index (κ2) is 5.08. The molecule has 3 aliphatic rings. The lowest BCUT2D eigenvalue weighted by Crippen LogP contribution is -2.55. The summed E-state index contributed by atoms with van der Waals surface area (Å²) in [7, 11) is 0.